The zero-order valence-corrected chi connectivity index (χ0v) is 22.4. The predicted molar refractivity (Wildman–Crippen MR) is 152 cm³/mol. The van der Waals surface area contributed by atoms with Gasteiger partial charge in [-0.3, -0.25) is 14.3 Å². The first kappa shape index (κ1) is 25.3. The van der Waals surface area contributed by atoms with E-state index in [0.29, 0.717) is 33.2 Å². The second-order valence-corrected chi connectivity index (χ2v) is 9.92. The average Bonchev–Trinajstić information content (AvgIpc) is 3.46. The van der Waals surface area contributed by atoms with E-state index in [1.165, 1.54) is 23.5 Å². The van der Waals surface area contributed by atoms with Crippen molar-refractivity contribution in [2.24, 2.45) is 17.1 Å². The van der Waals surface area contributed by atoms with Gasteiger partial charge in [-0.2, -0.15) is 5.10 Å². The molecule has 0 fully saturated rings. The van der Waals surface area contributed by atoms with Gasteiger partial charge in [0, 0.05) is 18.0 Å². The van der Waals surface area contributed by atoms with Gasteiger partial charge in [-0.1, -0.05) is 30.3 Å². The SMILES string of the molecule is Cc1c(N=c2scc(-c3ccc4c(c3)NC(=O)CO4)n2N=Cc2ccc(F)cc2)c(=O)n(-c2ccccc2)n1C. The minimum atomic E-state index is -0.343. The van der Waals surface area contributed by atoms with Gasteiger partial charge in [0.05, 0.1) is 29.0 Å². The van der Waals surface area contributed by atoms with Crippen LogP contribution in [0.15, 0.2) is 93.1 Å². The fourth-order valence-corrected chi connectivity index (χ4v) is 5.22. The van der Waals surface area contributed by atoms with Gasteiger partial charge in [-0.15, -0.1) is 11.3 Å². The highest BCUT2D eigenvalue weighted by atomic mass is 32.1. The fraction of sp³-hybridized carbons (Fsp3) is 0.103. The Morgan fingerprint density at radius 2 is 1.82 bits per heavy atom. The molecule has 2 aromatic heterocycles. The van der Waals surface area contributed by atoms with Crippen LogP contribution in [0.1, 0.15) is 11.3 Å². The van der Waals surface area contributed by atoms with Crippen LogP contribution in [0.25, 0.3) is 16.9 Å². The second-order valence-electron chi connectivity index (χ2n) is 9.08. The van der Waals surface area contributed by atoms with E-state index in [9.17, 15) is 14.0 Å². The molecule has 0 unspecified atom stereocenters. The molecule has 6 rings (SSSR count). The molecule has 0 atom stereocenters. The number of ether oxygens (including phenoxy) is 1. The van der Waals surface area contributed by atoms with Crippen LogP contribution in [0, 0.1) is 12.7 Å². The molecule has 9 nitrogen and oxygen atoms in total. The van der Waals surface area contributed by atoms with Crippen molar-refractivity contribution in [2.45, 2.75) is 6.92 Å². The van der Waals surface area contributed by atoms with Crippen LogP contribution in [-0.4, -0.2) is 32.8 Å². The summed E-state index contributed by atoms with van der Waals surface area (Å²) in [6.45, 7) is 1.80. The summed E-state index contributed by atoms with van der Waals surface area (Å²) < 4.78 is 23.9. The van der Waals surface area contributed by atoms with E-state index in [4.69, 9.17) is 9.73 Å². The highest BCUT2D eigenvalue weighted by molar-refractivity contribution is 7.07. The minimum absolute atomic E-state index is 0.0350. The minimum Gasteiger partial charge on any atom is -0.482 e. The zero-order valence-electron chi connectivity index (χ0n) is 21.5. The zero-order chi connectivity index (χ0) is 27.8. The molecule has 5 aromatic rings. The summed E-state index contributed by atoms with van der Waals surface area (Å²) >= 11 is 1.32. The number of carbonyl (C=O) groups is 1. The molecule has 3 aromatic carbocycles. The van der Waals surface area contributed by atoms with Gasteiger partial charge in [0.15, 0.2) is 12.3 Å². The average molecular weight is 555 g/mol. The van der Waals surface area contributed by atoms with E-state index in [1.807, 2.05) is 55.7 Å². The lowest BCUT2D eigenvalue weighted by atomic mass is 10.1. The van der Waals surface area contributed by atoms with Crippen molar-refractivity contribution in [1.82, 2.24) is 14.0 Å². The number of thiazole rings is 1. The van der Waals surface area contributed by atoms with Gasteiger partial charge in [0.2, 0.25) is 4.80 Å². The summed E-state index contributed by atoms with van der Waals surface area (Å²) in [6.07, 6.45) is 1.60. The molecule has 0 bridgehead atoms. The number of carbonyl (C=O) groups excluding carboxylic acids is 1. The monoisotopic (exact) mass is 554 g/mol. The molecule has 1 amide bonds. The number of nitrogens with one attached hydrogen (secondary N) is 1. The van der Waals surface area contributed by atoms with Crippen LogP contribution in [0.3, 0.4) is 0 Å². The molecule has 1 aliphatic heterocycles. The Morgan fingerprint density at radius 3 is 2.60 bits per heavy atom. The number of para-hydroxylation sites is 1. The van der Waals surface area contributed by atoms with E-state index in [2.05, 4.69) is 10.4 Å². The summed E-state index contributed by atoms with van der Waals surface area (Å²) in [4.78, 5) is 30.6. The number of aromatic nitrogens is 3. The van der Waals surface area contributed by atoms with Crippen LogP contribution in [0.2, 0.25) is 0 Å². The van der Waals surface area contributed by atoms with Gasteiger partial charge in [0.1, 0.15) is 11.6 Å². The van der Waals surface area contributed by atoms with Gasteiger partial charge >= 0.3 is 0 Å². The molecule has 1 aliphatic rings. The van der Waals surface area contributed by atoms with E-state index in [-0.39, 0.29) is 29.6 Å². The normalized spacial score (nSPS) is 13.4. The van der Waals surface area contributed by atoms with E-state index in [1.54, 1.807) is 44.5 Å². The van der Waals surface area contributed by atoms with Crippen molar-refractivity contribution >= 4 is 34.8 Å². The highest BCUT2D eigenvalue weighted by Gasteiger charge is 2.19. The molecule has 0 saturated carbocycles. The van der Waals surface area contributed by atoms with Crippen molar-refractivity contribution in [3.05, 3.63) is 110 Å². The number of halogens is 1. The molecule has 0 spiro atoms. The number of rotatable bonds is 5. The van der Waals surface area contributed by atoms with Crippen LogP contribution < -0.4 is 20.4 Å². The van der Waals surface area contributed by atoms with Crippen LogP contribution in [0.4, 0.5) is 15.8 Å². The molecule has 0 saturated heterocycles. The van der Waals surface area contributed by atoms with E-state index in [0.717, 1.165) is 11.3 Å². The van der Waals surface area contributed by atoms with Gasteiger partial charge in [-0.25, -0.2) is 18.7 Å². The molecular weight excluding hydrogens is 531 g/mol. The maximum Gasteiger partial charge on any atom is 0.297 e. The fourth-order valence-electron chi connectivity index (χ4n) is 4.38. The molecule has 40 heavy (non-hydrogen) atoms. The van der Waals surface area contributed by atoms with Crippen LogP contribution in [0.5, 0.6) is 5.75 Å². The number of hydrogen-bond acceptors (Lipinski definition) is 6. The third-order valence-corrected chi connectivity index (χ3v) is 7.33. The quantitative estimate of drug-likeness (QED) is 0.322. The lowest BCUT2D eigenvalue weighted by Crippen LogP contribution is -2.25. The molecule has 11 heteroatoms. The van der Waals surface area contributed by atoms with E-state index >= 15 is 0 Å². The Morgan fingerprint density at radius 1 is 1.05 bits per heavy atom. The van der Waals surface area contributed by atoms with Crippen LogP contribution in [-0.2, 0) is 11.8 Å². The standard InChI is InChI=1S/C29H23FN6O3S/c1-18-27(28(38)36(34(18)2)22-6-4-3-5-7-22)33-29-35(31-15-19-8-11-21(30)12-9-19)24(17-40-29)20-10-13-25-23(14-20)32-26(37)16-39-25/h3-15,17H,16H2,1-2H3,(H,32,37). The summed E-state index contributed by atoms with van der Waals surface area (Å²) in [6, 6.07) is 20.8. The first-order valence-electron chi connectivity index (χ1n) is 12.4. The third-order valence-electron chi connectivity index (χ3n) is 6.52. The van der Waals surface area contributed by atoms with Gasteiger partial charge in [-0.05, 0) is 55.0 Å². The summed E-state index contributed by atoms with van der Waals surface area (Å²) in [5, 5.41) is 9.37. The maximum absolute atomic E-state index is 13.5. The van der Waals surface area contributed by atoms with Crippen molar-refractivity contribution in [1.29, 1.82) is 0 Å². The predicted octanol–water partition coefficient (Wildman–Crippen LogP) is 4.60. The molecular formula is C29H23FN6O3S. The lowest BCUT2D eigenvalue weighted by Gasteiger charge is -2.18. The smallest absolute Gasteiger partial charge is 0.297 e. The molecule has 200 valence electrons. The molecule has 0 radical (unpaired) electrons. The number of nitrogens with zero attached hydrogens (tertiary/aromatic N) is 5. The second kappa shape index (κ2) is 10.3. The first-order chi connectivity index (χ1) is 19.4. The van der Waals surface area contributed by atoms with Crippen molar-refractivity contribution in [3.63, 3.8) is 0 Å². The van der Waals surface area contributed by atoms with Gasteiger partial charge < -0.3 is 10.1 Å². The Kier molecular flexibility index (Phi) is 6.48. The third kappa shape index (κ3) is 4.67. The largest absolute Gasteiger partial charge is 0.482 e. The van der Waals surface area contributed by atoms with Gasteiger partial charge in [0.25, 0.3) is 11.5 Å². The van der Waals surface area contributed by atoms with Crippen molar-refractivity contribution in [2.75, 3.05) is 11.9 Å². The van der Waals surface area contributed by atoms with Crippen molar-refractivity contribution < 1.29 is 13.9 Å². The Bertz CT molecular complexity index is 1900. The number of fused-ring (bicyclic) bond motifs is 1. The number of amides is 1. The molecule has 3 heterocycles. The Labute approximate surface area is 231 Å². The summed E-state index contributed by atoms with van der Waals surface area (Å²) in [5.74, 6) is -0.00220. The van der Waals surface area contributed by atoms with E-state index < -0.39 is 0 Å². The topological polar surface area (TPSA) is 94.9 Å². The van der Waals surface area contributed by atoms with Crippen molar-refractivity contribution in [3.8, 4) is 22.7 Å². The maximum atomic E-state index is 13.5. The number of anilines is 1. The Balaban J connectivity index is 1.51. The summed E-state index contributed by atoms with van der Waals surface area (Å²) in [7, 11) is 1.81. The lowest BCUT2D eigenvalue weighted by molar-refractivity contribution is -0.118. The number of benzene rings is 3. The number of hydrogen-bond donors (Lipinski definition) is 1. The van der Waals surface area contributed by atoms with Crippen LogP contribution >= 0.6 is 11.3 Å². The highest BCUT2D eigenvalue weighted by Crippen LogP contribution is 2.33. The molecule has 0 aliphatic carbocycles. The Hall–Kier alpha value is -5.03. The molecule has 1 N–H and O–H groups in total. The summed E-state index contributed by atoms with van der Waals surface area (Å²) in [5.41, 5.74) is 4.12. The first-order valence-corrected chi connectivity index (χ1v) is 13.2.